The van der Waals surface area contributed by atoms with Gasteiger partial charge >= 0.3 is 5.97 Å². The molecule has 22 heavy (non-hydrogen) atoms. The molecule has 7 nitrogen and oxygen atoms in total. The van der Waals surface area contributed by atoms with Crippen LogP contribution in [0.4, 0.5) is 0 Å². The van der Waals surface area contributed by atoms with Gasteiger partial charge < -0.3 is 10.0 Å². The molecule has 2 aromatic rings. The van der Waals surface area contributed by atoms with Crippen LogP contribution in [0.25, 0.3) is 5.69 Å². The fourth-order valence-corrected chi connectivity index (χ4v) is 2.12. The molecular formula is C15H18N4O3. The fourth-order valence-electron chi connectivity index (χ4n) is 2.12. The molecule has 116 valence electrons. The number of rotatable bonds is 6. The second kappa shape index (κ2) is 6.84. The molecule has 0 aliphatic heterocycles. The molecule has 0 atom stereocenters. The number of aromatic nitrogens is 3. The lowest BCUT2D eigenvalue weighted by atomic mass is 10.2. The van der Waals surface area contributed by atoms with E-state index in [0.29, 0.717) is 12.2 Å². The Balaban J connectivity index is 2.24. The van der Waals surface area contributed by atoms with E-state index in [4.69, 9.17) is 5.11 Å². The van der Waals surface area contributed by atoms with Crippen molar-refractivity contribution in [2.45, 2.75) is 20.3 Å². The SMILES string of the molecule is CCN(CCC(=O)O)C(=O)c1nnn(-c2ccccc2)c1C. The fraction of sp³-hybridized carbons (Fsp3) is 0.333. The summed E-state index contributed by atoms with van der Waals surface area (Å²) in [6.45, 7) is 4.15. The van der Waals surface area contributed by atoms with Crippen LogP contribution >= 0.6 is 0 Å². The van der Waals surface area contributed by atoms with Gasteiger partial charge in [0.2, 0.25) is 0 Å². The topological polar surface area (TPSA) is 88.3 Å². The number of benzene rings is 1. The summed E-state index contributed by atoms with van der Waals surface area (Å²) in [4.78, 5) is 24.6. The first-order valence-electron chi connectivity index (χ1n) is 7.03. The first kappa shape index (κ1) is 15.7. The molecule has 1 N–H and O–H groups in total. The van der Waals surface area contributed by atoms with Gasteiger partial charge in [0.05, 0.1) is 17.8 Å². The number of carbonyl (C=O) groups is 2. The monoisotopic (exact) mass is 302 g/mol. The quantitative estimate of drug-likeness (QED) is 0.874. The van der Waals surface area contributed by atoms with E-state index in [1.165, 1.54) is 4.90 Å². The minimum atomic E-state index is -0.934. The maximum atomic E-state index is 12.5. The van der Waals surface area contributed by atoms with Crippen LogP contribution in [0.3, 0.4) is 0 Å². The molecule has 1 aromatic carbocycles. The zero-order valence-corrected chi connectivity index (χ0v) is 12.6. The Morgan fingerprint density at radius 1 is 1.27 bits per heavy atom. The Kier molecular flexibility index (Phi) is 4.88. The van der Waals surface area contributed by atoms with Crippen molar-refractivity contribution in [3.8, 4) is 5.69 Å². The summed E-state index contributed by atoms with van der Waals surface area (Å²) >= 11 is 0. The molecule has 2 rings (SSSR count). The summed E-state index contributed by atoms with van der Waals surface area (Å²) in [6.07, 6.45) is -0.0918. The lowest BCUT2D eigenvalue weighted by molar-refractivity contribution is -0.137. The van der Waals surface area contributed by atoms with E-state index in [2.05, 4.69) is 10.3 Å². The molecule has 0 saturated heterocycles. The van der Waals surface area contributed by atoms with Crippen molar-refractivity contribution in [1.82, 2.24) is 19.9 Å². The molecule has 0 saturated carbocycles. The average molecular weight is 302 g/mol. The molecule has 0 aliphatic carbocycles. The van der Waals surface area contributed by atoms with E-state index < -0.39 is 5.97 Å². The van der Waals surface area contributed by atoms with Crippen molar-refractivity contribution in [2.75, 3.05) is 13.1 Å². The van der Waals surface area contributed by atoms with Gasteiger partial charge in [-0.3, -0.25) is 9.59 Å². The van der Waals surface area contributed by atoms with Crippen molar-refractivity contribution in [3.05, 3.63) is 41.7 Å². The molecule has 7 heteroatoms. The standard InChI is InChI=1S/C15H18N4O3/c1-3-18(10-9-13(20)21)15(22)14-11(2)19(17-16-14)12-7-5-4-6-8-12/h4-8H,3,9-10H2,1-2H3,(H,20,21). The van der Waals surface area contributed by atoms with Crippen LogP contribution in [0.15, 0.2) is 30.3 Å². The minimum absolute atomic E-state index is 0.0918. The number of carboxylic acids is 1. The van der Waals surface area contributed by atoms with Gasteiger partial charge in [-0.05, 0) is 26.0 Å². The van der Waals surface area contributed by atoms with Crippen LogP contribution in [0, 0.1) is 6.92 Å². The van der Waals surface area contributed by atoms with Crippen molar-refractivity contribution >= 4 is 11.9 Å². The third-order valence-corrected chi connectivity index (χ3v) is 3.36. The van der Waals surface area contributed by atoms with E-state index in [1.54, 1.807) is 18.5 Å². The van der Waals surface area contributed by atoms with Crippen molar-refractivity contribution in [3.63, 3.8) is 0 Å². The molecular weight excluding hydrogens is 284 g/mol. The first-order valence-corrected chi connectivity index (χ1v) is 7.03. The summed E-state index contributed by atoms with van der Waals surface area (Å²) in [5.41, 5.74) is 1.70. The summed E-state index contributed by atoms with van der Waals surface area (Å²) in [7, 11) is 0. The van der Waals surface area contributed by atoms with E-state index in [0.717, 1.165) is 5.69 Å². The molecule has 0 bridgehead atoms. The van der Waals surface area contributed by atoms with Crippen molar-refractivity contribution in [1.29, 1.82) is 0 Å². The number of carboxylic acid groups (broad SMARTS) is 1. The van der Waals surface area contributed by atoms with Crippen molar-refractivity contribution < 1.29 is 14.7 Å². The summed E-state index contributed by atoms with van der Waals surface area (Å²) in [6, 6.07) is 9.40. The number of carbonyl (C=O) groups excluding carboxylic acids is 1. The number of hydrogen-bond donors (Lipinski definition) is 1. The largest absolute Gasteiger partial charge is 0.481 e. The van der Waals surface area contributed by atoms with Gasteiger partial charge in [0.15, 0.2) is 5.69 Å². The van der Waals surface area contributed by atoms with Crippen LogP contribution in [0.1, 0.15) is 29.5 Å². The Hall–Kier alpha value is -2.70. The summed E-state index contributed by atoms with van der Waals surface area (Å²) in [5, 5.41) is 16.7. The van der Waals surface area contributed by atoms with Crippen LogP contribution in [0.5, 0.6) is 0 Å². The van der Waals surface area contributed by atoms with E-state index in [9.17, 15) is 9.59 Å². The predicted octanol–water partition coefficient (Wildman–Crippen LogP) is 1.51. The van der Waals surface area contributed by atoms with Crippen LogP contribution in [-0.4, -0.2) is 50.0 Å². The van der Waals surface area contributed by atoms with Gasteiger partial charge in [0, 0.05) is 13.1 Å². The normalized spacial score (nSPS) is 10.5. The molecule has 0 aliphatic rings. The number of amides is 1. The van der Waals surface area contributed by atoms with Gasteiger partial charge in [0.1, 0.15) is 0 Å². The highest BCUT2D eigenvalue weighted by Gasteiger charge is 2.22. The predicted molar refractivity (Wildman–Crippen MR) is 79.9 cm³/mol. The number of hydrogen-bond acceptors (Lipinski definition) is 4. The third kappa shape index (κ3) is 3.30. The third-order valence-electron chi connectivity index (χ3n) is 3.36. The van der Waals surface area contributed by atoms with Gasteiger partial charge in [-0.25, -0.2) is 4.68 Å². The number of nitrogens with zero attached hydrogens (tertiary/aromatic N) is 4. The second-order valence-electron chi connectivity index (χ2n) is 4.80. The number of aliphatic carboxylic acids is 1. The van der Waals surface area contributed by atoms with E-state index >= 15 is 0 Å². The molecule has 0 fully saturated rings. The van der Waals surface area contributed by atoms with Crippen LogP contribution < -0.4 is 0 Å². The lowest BCUT2D eigenvalue weighted by Crippen LogP contribution is -2.33. The highest BCUT2D eigenvalue weighted by molar-refractivity contribution is 5.93. The molecule has 0 radical (unpaired) electrons. The highest BCUT2D eigenvalue weighted by atomic mass is 16.4. The second-order valence-corrected chi connectivity index (χ2v) is 4.80. The number of para-hydroxylation sites is 1. The Morgan fingerprint density at radius 2 is 1.95 bits per heavy atom. The lowest BCUT2D eigenvalue weighted by Gasteiger charge is -2.18. The highest BCUT2D eigenvalue weighted by Crippen LogP contribution is 2.13. The zero-order valence-electron chi connectivity index (χ0n) is 12.6. The van der Waals surface area contributed by atoms with Gasteiger partial charge in [-0.1, -0.05) is 23.4 Å². The Labute approximate surface area is 128 Å². The molecule has 1 aromatic heterocycles. The molecule has 0 spiro atoms. The van der Waals surface area contributed by atoms with Gasteiger partial charge in [0.25, 0.3) is 5.91 Å². The smallest absolute Gasteiger partial charge is 0.305 e. The molecule has 0 unspecified atom stereocenters. The van der Waals surface area contributed by atoms with Crippen LogP contribution in [0.2, 0.25) is 0 Å². The van der Waals surface area contributed by atoms with Crippen LogP contribution in [-0.2, 0) is 4.79 Å². The molecule has 1 amide bonds. The summed E-state index contributed by atoms with van der Waals surface area (Å²) in [5.74, 6) is -1.24. The Morgan fingerprint density at radius 3 is 2.55 bits per heavy atom. The Bertz CT molecular complexity index is 667. The van der Waals surface area contributed by atoms with Crippen molar-refractivity contribution in [2.24, 2.45) is 0 Å². The van der Waals surface area contributed by atoms with Gasteiger partial charge in [-0.2, -0.15) is 0 Å². The zero-order chi connectivity index (χ0) is 16.1. The molecule has 1 heterocycles. The maximum Gasteiger partial charge on any atom is 0.305 e. The minimum Gasteiger partial charge on any atom is -0.481 e. The summed E-state index contributed by atoms with van der Waals surface area (Å²) < 4.78 is 1.60. The first-order chi connectivity index (χ1) is 10.5. The van der Waals surface area contributed by atoms with E-state index in [1.807, 2.05) is 30.3 Å². The average Bonchev–Trinajstić information content (AvgIpc) is 2.90. The van der Waals surface area contributed by atoms with E-state index in [-0.39, 0.29) is 24.6 Å². The maximum absolute atomic E-state index is 12.5. The van der Waals surface area contributed by atoms with Gasteiger partial charge in [-0.15, -0.1) is 5.10 Å².